The summed E-state index contributed by atoms with van der Waals surface area (Å²) >= 11 is 0. The lowest BCUT2D eigenvalue weighted by atomic mass is 10.0. The molecule has 7 nitrogen and oxygen atoms in total. The molecule has 0 radical (unpaired) electrons. The van der Waals surface area contributed by atoms with Crippen molar-refractivity contribution in [3.05, 3.63) is 52.9 Å². The smallest absolute Gasteiger partial charge is 0.262 e. The third-order valence-corrected chi connectivity index (χ3v) is 6.10. The van der Waals surface area contributed by atoms with Crippen molar-refractivity contribution in [3.63, 3.8) is 0 Å². The summed E-state index contributed by atoms with van der Waals surface area (Å²) in [5, 5.41) is 12.6. The molecule has 33 heavy (non-hydrogen) atoms. The second-order valence-electron chi connectivity index (χ2n) is 8.76. The zero-order chi connectivity index (χ0) is 24.1. The summed E-state index contributed by atoms with van der Waals surface area (Å²) in [5.41, 5.74) is 3.83. The van der Waals surface area contributed by atoms with Crippen LogP contribution in [0.15, 0.2) is 35.9 Å². The van der Waals surface area contributed by atoms with Crippen LogP contribution in [0.2, 0.25) is 0 Å². The van der Waals surface area contributed by atoms with Gasteiger partial charge in [-0.15, -0.1) is 0 Å². The number of ether oxygens (including phenoxy) is 1. The largest absolute Gasteiger partial charge is 0.497 e. The molecule has 0 saturated carbocycles. The first-order valence-electron chi connectivity index (χ1n) is 11.3. The molecular formula is C26H32N4O3. The molecule has 2 heterocycles. The van der Waals surface area contributed by atoms with E-state index < -0.39 is 0 Å². The molecule has 0 aliphatic carbocycles. The third kappa shape index (κ3) is 5.46. The van der Waals surface area contributed by atoms with Gasteiger partial charge in [-0.05, 0) is 68.7 Å². The van der Waals surface area contributed by atoms with Gasteiger partial charge in [0.05, 0.1) is 7.11 Å². The fraction of sp³-hybridized carbons (Fsp3) is 0.423. The molecule has 2 aromatic rings. The first-order chi connectivity index (χ1) is 15.7. The molecule has 1 fully saturated rings. The average Bonchev–Trinajstić information content (AvgIpc) is 3.09. The molecule has 3 rings (SSSR count). The van der Waals surface area contributed by atoms with E-state index in [-0.39, 0.29) is 29.3 Å². The monoisotopic (exact) mass is 448 g/mol. The summed E-state index contributed by atoms with van der Waals surface area (Å²) in [7, 11) is 1.63. The molecule has 0 spiro atoms. The van der Waals surface area contributed by atoms with Gasteiger partial charge in [-0.25, -0.2) is 0 Å². The molecule has 174 valence electrons. The number of nitrogens with one attached hydrogen (secondary N) is 1. The zero-order valence-corrected chi connectivity index (χ0v) is 20.0. The van der Waals surface area contributed by atoms with E-state index in [9.17, 15) is 14.9 Å². The Hall–Kier alpha value is -3.53. The van der Waals surface area contributed by atoms with Gasteiger partial charge in [0.25, 0.3) is 5.91 Å². The number of carbonyl (C=O) groups excluding carboxylic acids is 2. The van der Waals surface area contributed by atoms with Gasteiger partial charge in [0, 0.05) is 42.1 Å². The van der Waals surface area contributed by atoms with Crippen LogP contribution in [0.3, 0.4) is 0 Å². The maximum atomic E-state index is 12.8. The molecule has 1 saturated heterocycles. The first-order valence-corrected chi connectivity index (χ1v) is 11.3. The highest BCUT2D eigenvalue weighted by Crippen LogP contribution is 2.24. The van der Waals surface area contributed by atoms with Gasteiger partial charge in [0.2, 0.25) is 5.91 Å². The molecule has 1 aliphatic rings. The summed E-state index contributed by atoms with van der Waals surface area (Å²) in [5.74, 6) is 0.523. The van der Waals surface area contributed by atoms with Crippen LogP contribution in [0, 0.1) is 31.1 Å². The van der Waals surface area contributed by atoms with E-state index in [0.717, 1.165) is 28.4 Å². The van der Waals surface area contributed by atoms with E-state index in [4.69, 9.17) is 4.74 Å². The van der Waals surface area contributed by atoms with Gasteiger partial charge in [-0.2, -0.15) is 5.26 Å². The summed E-state index contributed by atoms with van der Waals surface area (Å²) in [6.45, 7) is 9.00. The molecule has 7 heteroatoms. The minimum atomic E-state index is -0.375. The van der Waals surface area contributed by atoms with E-state index >= 15 is 0 Å². The van der Waals surface area contributed by atoms with E-state index in [1.807, 2.05) is 62.9 Å². The number of methoxy groups -OCH3 is 1. The van der Waals surface area contributed by atoms with Gasteiger partial charge in [0.1, 0.15) is 17.4 Å². The van der Waals surface area contributed by atoms with Gasteiger partial charge >= 0.3 is 0 Å². The molecule has 0 unspecified atom stereocenters. The SMILES string of the molecule is COc1ccc(-n2c(C)cc(/C=C(/C#N)C(=O)NC3CCN(C(=O)C(C)C)CC3)c2C)cc1. The minimum absolute atomic E-state index is 0.0267. The highest BCUT2D eigenvalue weighted by Gasteiger charge is 2.26. The summed E-state index contributed by atoms with van der Waals surface area (Å²) in [6.07, 6.45) is 3.03. The van der Waals surface area contributed by atoms with Gasteiger partial charge in [-0.1, -0.05) is 13.8 Å². The lowest BCUT2D eigenvalue weighted by molar-refractivity contribution is -0.135. The number of hydrogen-bond donors (Lipinski definition) is 1. The third-order valence-electron chi connectivity index (χ3n) is 6.10. The molecule has 0 bridgehead atoms. The van der Waals surface area contributed by atoms with E-state index in [1.54, 1.807) is 13.2 Å². The number of aromatic nitrogens is 1. The fourth-order valence-corrected chi connectivity index (χ4v) is 4.24. The van der Waals surface area contributed by atoms with Crippen molar-refractivity contribution < 1.29 is 14.3 Å². The predicted octanol–water partition coefficient (Wildman–Crippen LogP) is 3.77. The van der Waals surface area contributed by atoms with Crippen molar-refractivity contribution >= 4 is 17.9 Å². The molecule has 2 amide bonds. The summed E-state index contributed by atoms with van der Waals surface area (Å²) in [6, 6.07) is 11.7. The maximum absolute atomic E-state index is 12.8. The number of rotatable bonds is 6. The van der Waals surface area contributed by atoms with E-state index in [2.05, 4.69) is 16.0 Å². The Bertz CT molecular complexity index is 1080. The van der Waals surface area contributed by atoms with Crippen molar-refractivity contribution in [1.29, 1.82) is 5.26 Å². The van der Waals surface area contributed by atoms with Crippen LogP contribution < -0.4 is 10.1 Å². The Labute approximate surface area is 195 Å². The summed E-state index contributed by atoms with van der Waals surface area (Å²) < 4.78 is 7.32. The quantitative estimate of drug-likeness (QED) is 0.538. The maximum Gasteiger partial charge on any atom is 0.262 e. The van der Waals surface area contributed by atoms with Gasteiger partial charge in [-0.3, -0.25) is 9.59 Å². The van der Waals surface area contributed by atoms with Crippen LogP contribution in [-0.4, -0.2) is 47.5 Å². The number of nitrogens with zero attached hydrogens (tertiary/aromatic N) is 3. The molecular weight excluding hydrogens is 416 g/mol. The lowest BCUT2D eigenvalue weighted by Gasteiger charge is -2.33. The van der Waals surface area contributed by atoms with Crippen molar-refractivity contribution in [2.75, 3.05) is 20.2 Å². The Morgan fingerprint density at radius 3 is 2.36 bits per heavy atom. The Balaban J connectivity index is 1.72. The molecule has 1 N–H and O–H groups in total. The van der Waals surface area contributed by atoms with Crippen molar-refractivity contribution in [2.45, 2.75) is 46.6 Å². The average molecular weight is 449 g/mol. The Morgan fingerprint density at radius 2 is 1.82 bits per heavy atom. The van der Waals surface area contributed by atoms with Crippen molar-refractivity contribution in [1.82, 2.24) is 14.8 Å². The molecule has 1 aliphatic heterocycles. The van der Waals surface area contributed by atoms with Crippen LogP contribution >= 0.6 is 0 Å². The number of likely N-dealkylation sites (tertiary alicyclic amines) is 1. The number of nitriles is 1. The zero-order valence-electron chi connectivity index (χ0n) is 20.0. The van der Waals surface area contributed by atoms with E-state index in [1.165, 1.54) is 0 Å². The molecule has 0 atom stereocenters. The Kier molecular flexibility index (Phi) is 7.59. The van der Waals surface area contributed by atoms with Crippen molar-refractivity contribution in [2.24, 2.45) is 5.92 Å². The minimum Gasteiger partial charge on any atom is -0.497 e. The van der Waals surface area contributed by atoms with Crippen LogP contribution in [0.25, 0.3) is 11.8 Å². The lowest BCUT2D eigenvalue weighted by Crippen LogP contribution is -2.47. The first kappa shape index (κ1) is 24.1. The predicted molar refractivity (Wildman–Crippen MR) is 128 cm³/mol. The Morgan fingerprint density at radius 1 is 1.18 bits per heavy atom. The highest BCUT2D eigenvalue weighted by molar-refractivity contribution is 6.02. The second-order valence-corrected chi connectivity index (χ2v) is 8.76. The highest BCUT2D eigenvalue weighted by atomic mass is 16.5. The standard InChI is InChI=1S/C26H32N4O3/c1-17(2)26(32)29-12-10-22(11-13-29)28-25(31)21(16-27)15-20-14-18(3)30(19(20)4)23-6-8-24(33-5)9-7-23/h6-9,14-15,17,22H,10-13H2,1-5H3,(H,28,31)/b21-15-. The normalized spacial score (nSPS) is 14.8. The fourth-order valence-electron chi connectivity index (χ4n) is 4.24. The number of amides is 2. The van der Waals surface area contributed by atoms with Crippen LogP contribution in [0.5, 0.6) is 5.75 Å². The van der Waals surface area contributed by atoms with Crippen LogP contribution in [-0.2, 0) is 9.59 Å². The van der Waals surface area contributed by atoms with Crippen LogP contribution in [0.1, 0.15) is 43.6 Å². The second kappa shape index (κ2) is 10.4. The summed E-state index contributed by atoms with van der Waals surface area (Å²) in [4.78, 5) is 26.8. The number of piperidine rings is 1. The van der Waals surface area contributed by atoms with E-state index in [0.29, 0.717) is 25.9 Å². The molecule has 1 aromatic heterocycles. The number of benzene rings is 1. The number of aryl methyl sites for hydroxylation is 1. The topological polar surface area (TPSA) is 87.4 Å². The van der Waals surface area contributed by atoms with Crippen LogP contribution in [0.4, 0.5) is 0 Å². The van der Waals surface area contributed by atoms with Gasteiger partial charge in [0.15, 0.2) is 0 Å². The van der Waals surface area contributed by atoms with Gasteiger partial charge < -0.3 is 19.5 Å². The number of carbonyl (C=O) groups is 2. The molecule has 1 aromatic carbocycles. The van der Waals surface area contributed by atoms with Crippen molar-refractivity contribution in [3.8, 4) is 17.5 Å². The number of hydrogen-bond acceptors (Lipinski definition) is 4.